The number of rotatable bonds is 5. The number of nitrogens with one attached hydrogen (secondary N) is 3. The van der Waals surface area contributed by atoms with Gasteiger partial charge in [-0.05, 0) is 30.3 Å². The summed E-state index contributed by atoms with van der Waals surface area (Å²) in [5, 5.41) is 5.56. The van der Waals surface area contributed by atoms with Crippen LogP contribution in [0.5, 0.6) is 5.75 Å². The van der Waals surface area contributed by atoms with E-state index in [0.717, 1.165) is 6.20 Å². The molecule has 1 aromatic carbocycles. The first-order valence-corrected chi connectivity index (χ1v) is 8.95. The number of nitrogens with zero attached hydrogens (tertiary/aromatic N) is 4. The van der Waals surface area contributed by atoms with Crippen LogP contribution < -0.4 is 15.4 Å². The van der Waals surface area contributed by atoms with E-state index in [1.807, 2.05) is 0 Å². The molecule has 0 atom stereocenters. The summed E-state index contributed by atoms with van der Waals surface area (Å²) in [6, 6.07) is 7.36. The molecule has 3 aromatic heterocycles. The van der Waals surface area contributed by atoms with Crippen molar-refractivity contribution in [3.8, 4) is 5.75 Å². The van der Waals surface area contributed by atoms with Crippen molar-refractivity contribution < 1.29 is 22.3 Å². The maximum Gasteiger partial charge on any atom is 0.449 e. The highest BCUT2D eigenvalue weighted by molar-refractivity contribution is 6.30. The van der Waals surface area contributed by atoms with Crippen molar-refractivity contribution in [3.05, 3.63) is 53.3 Å². The highest BCUT2D eigenvalue weighted by Gasteiger charge is 2.34. The molecule has 0 amide bonds. The van der Waals surface area contributed by atoms with Gasteiger partial charge < -0.3 is 20.4 Å². The van der Waals surface area contributed by atoms with Crippen molar-refractivity contribution >= 4 is 45.9 Å². The zero-order valence-electron chi connectivity index (χ0n) is 15.6. The zero-order chi connectivity index (χ0) is 22.2. The van der Waals surface area contributed by atoms with Gasteiger partial charge in [0.1, 0.15) is 5.82 Å². The summed E-state index contributed by atoms with van der Waals surface area (Å²) in [5.74, 6) is -1.48. The standard InChI is InChI=1S/C18H12ClF4N7O/c1-31-12-4-5-13(28-14(12)19)29-15-9(20)7-24-17(30-15)25-8-2-3-10-11(6-8)27-16(26-10)18(21,22)23/h2-7H,1H3,(H,26,27)(H2,24,25,28,29,30). The molecule has 0 aliphatic carbocycles. The lowest BCUT2D eigenvalue weighted by atomic mass is 10.3. The third-order valence-corrected chi connectivity index (χ3v) is 4.30. The predicted molar refractivity (Wildman–Crippen MR) is 105 cm³/mol. The third kappa shape index (κ3) is 4.43. The summed E-state index contributed by atoms with van der Waals surface area (Å²) in [5.41, 5.74) is 0.672. The van der Waals surface area contributed by atoms with E-state index in [0.29, 0.717) is 11.4 Å². The van der Waals surface area contributed by atoms with E-state index in [4.69, 9.17) is 16.3 Å². The number of pyridine rings is 1. The van der Waals surface area contributed by atoms with Crippen LogP contribution in [0.4, 0.5) is 40.8 Å². The van der Waals surface area contributed by atoms with Crippen molar-refractivity contribution in [2.75, 3.05) is 17.7 Å². The molecule has 0 radical (unpaired) electrons. The molecule has 3 N–H and O–H groups in total. The van der Waals surface area contributed by atoms with Crippen molar-refractivity contribution in [1.82, 2.24) is 24.9 Å². The summed E-state index contributed by atoms with van der Waals surface area (Å²) in [6.07, 6.45) is -3.66. The van der Waals surface area contributed by atoms with Gasteiger partial charge in [-0.1, -0.05) is 11.6 Å². The first-order valence-electron chi connectivity index (χ1n) is 8.57. The van der Waals surface area contributed by atoms with Crippen molar-refractivity contribution in [1.29, 1.82) is 0 Å². The number of fused-ring (bicyclic) bond motifs is 1. The first kappa shape index (κ1) is 20.6. The lowest BCUT2D eigenvalue weighted by Gasteiger charge is -2.10. The van der Waals surface area contributed by atoms with Gasteiger partial charge in [0.15, 0.2) is 22.5 Å². The molecule has 0 spiro atoms. The minimum Gasteiger partial charge on any atom is -0.494 e. The molecule has 0 aliphatic heterocycles. The Labute approximate surface area is 176 Å². The zero-order valence-corrected chi connectivity index (χ0v) is 16.3. The number of alkyl halides is 3. The van der Waals surface area contributed by atoms with Gasteiger partial charge in [0.25, 0.3) is 0 Å². The van der Waals surface area contributed by atoms with Gasteiger partial charge in [-0.3, -0.25) is 0 Å². The van der Waals surface area contributed by atoms with Crippen LogP contribution in [0.25, 0.3) is 11.0 Å². The highest BCUT2D eigenvalue weighted by Crippen LogP contribution is 2.30. The smallest absolute Gasteiger partial charge is 0.449 e. The van der Waals surface area contributed by atoms with E-state index < -0.39 is 17.8 Å². The predicted octanol–water partition coefficient (Wildman–Crippen LogP) is 5.06. The molecular formula is C18H12ClF4N7O. The van der Waals surface area contributed by atoms with Crippen LogP contribution in [0, 0.1) is 5.82 Å². The number of anilines is 4. The van der Waals surface area contributed by atoms with Crippen LogP contribution >= 0.6 is 11.6 Å². The Hall–Kier alpha value is -3.67. The fourth-order valence-corrected chi connectivity index (χ4v) is 2.86. The monoisotopic (exact) mass is 453 g/mol. The Morgan fingerprint density at radius 1 is 1.06 bits per heavy atom. The number of methoxy groups -OCH3 is 1. The van der Waals surface area contributed by atoms with Crippen LogP contribution in [-0.4, -0.2) is 32.0 Å². The van der Waals surface area contributed by atoms with E-state index in [1.54, 1.807) is 6.07 Å². The van der Waals surface area contributed by atoms with Crippen molar-refractivity contribution in [2.24, 2.45) is 0 Å². The average Bonchev–Trinajstić information content (AvgIpc) is 3.15. The molecule has 160 valence electrons. The Morgan fingerprint density at radius 2 is 1.87 bits per heavy atom. The van der Waals surface area contributed by atoms with E-state index in [9.17, 15) is 17.6 Å². The number of ether oxygens (including phenoxy) is 1. The minimum absolute atomic E-state index is 0.00146. The number of halogens is 5. The lowest BCUT2D eigenvalue weighted by Crippen LogP contribution is -2.06. The maximum absolute atomic E-state index is 14.1. The van der Waals surface area contributed by atoms with Crippen LogP contribution in [0.3, 0.4) is 0 Å². The Morgan fingerprint density at radius 3 is 2.58 bits per heavy atom. The molecule has 4 rings (SSSR count). The lowest BCUT2D eigenvalue weighted by molar-refractivity contribution is -0.144. The van der Waals surface area contributed by atoms with Gasteiger partial charge in [-0.2, -0.15) is 18.2 Å². The van der Waals surface area contributed by atoms with Gasteiger partial charge >= 0.3 is 6.18 Å². The van der Waals surface area contributed by atoms with Gasteiger partial charge in [0.05, 0.1) is 24.3 Å². The van der Waals surface area contributed by atoms with E-state index >= 15 is 0 Å². The number of imidazole rings is 1. The van der Waals surface area contributed by atoms with Crippen LogP contribution in [0.2, 0.25) is 5.15 Å². The summed E-state index contributed by atoms with van der Waals surface area (Å²) >= 11 is 5.96. The molecule has 8 nitrogen and oxygen atoms in total. The van der Waals surface area contributed by atoms with Crippen LogP contribution in [0.1, 0.15) is 5.82 Å². The minimum atomic E-state index is -4.59. The van der Waals surface area contributed by atoms with E-state index in [1.165, 1.54) is 31.4 Å². The van der Waals surface area contributed by atoms with Gasteiger partial charge in [0.2, 0.25) is 11.8 Å². The highest BCUT2D eigenvalue weighted by atomic mass is 35.5. The van der Waals surface area contributed by atoms with Crippen molar-refractivity contribution in [3.63, 3.8) is 0 Å². The molecule has 3 heterocycles. The van der Waals surface area contributed by atoms with E-state index in [2.05, 4.69) is 35.6 Å². The molecule has 0 bridgehead atoms. The maximum atomic E-state index is 14.1. The summed E-state index contributed by atoms with van der Waals surface area (Å²) < 4.78 is 57.6. The SMILES string of the molecule is COc1ccc(Nc2nc(Nc3ccc4nc(C(F)(F)F)[nH]c4c3)ncc2F)nc1Cl. The molecule has 0 saturated carbocycles. The second kappa shape index (κ2) is 7.87. The Balaban J connectivity index is 1.57. The molecule has 0 unspecified atom stereocenters. The summed E-state index contributed by atoms with van der Waals surface area (Å²) in [4.78, 5) is 17.6. The third-order valence-electron chi connectivity index (χ3n) is 4.03. The number of H-pyrrole nitrogens is 1. The molecule has 13 heteroatoms. The fraction of sp³-hybridized carbons (Fsp3) is 0.111. The molecule has 31 heavy (non-hydrogen) atoms. The second-order valence-electron chi connectivity index (χ2n) is 6.14. The fourth-order valence-electron chi connectivity index (χ4n) is 2.63. The Kier molecular flexibility index (Phi) is 5.23. The van der Waals surface area contributed by atoms with Gasteiger partial charge in [-0.15, -0.1) is 0 Å². The number of hydrogen-bond donors (Lipinski definition) is 3. The normalized spacial score (nSPS) is 11.5. The molecule has 4 aromatic rings. The number of hydrogen-bond acceptors (Lipinski definition) is 7. The van der Waals surface area contributed by atoms with Crippen molar-refractivity contribution in [2.45, 2.75) is 6.18 Å². The van der Waals surface area contributed by atoms with E-state index in [-0.39, 0.29) is 33.8 Å². The molecule has 0 aliphatic rings. The average molecular weight is 454 g/mol. The summed E-state index contributed by atoms with van der Waals surface area (Å²) in [7, 11) is 1.43. The number of aromatic nitrogens is 5. The first-order chi connectivity index (χ1) is 14.7. The van der Waals surface area contributed by atoms with Gasteiger partial charge in [0, 0.05) is 5.69 Å². The van der Waals surface area contributed by atoms with Crippen LogP contribution in [-0.2, 0) is 6.18 Å². The second-order valence-corrected chi connectivity index (χ2v) is 6.50. The largest absolute Gasteiger partial charge is 0.494 e. The topological polar surface area (TPSA) is 101 Å². The van der Waals surface area contributed by atoms with Crippen LogP contribution in [0.15, 0.2) is 36.5 Å². The number of aromatic amines is 1. The Bertz CT molecular complexity index is 1260. The molecule has 0 fully saturated rings. The number of benzene rings is 1. The molecule has 0 saturated heterocycles. The molecular weight excluding hydrogens is 442 g/mol. The summed E-state index contributed by atoms with van der Waals surface area (Å²) in [6.45, 7) is 0. The quantitative estimate of drug-likeness (QED) is 0.287. The van der Waals surface area contributed by atoms with Gasteiger partial charge in [-0.25, -0.2) is 19.3 Å².